The van der Waals surface area contributed by atoms with Crippen molar-refractivity contribution in [3.8, 4) is 0 Å². The van der Waals surface area contributed by atoms with Gasteiger partial charge in [-0.1, -0.05) is 25.9 Å². The van der Waals surface area contributed by atoms with Gasteiger partial charge in [-0.25, -0.2) is 0 Å². The van der Waals surface area contributed by atoms with Gasteiger partial charge in [-0.15, -0.1) is 0 Å². The number of thioether (sulfide) groups is 1. The molecule has 0 rings (SSSR count). The molecule has 0 aromatic heterocycles. The summed E-state index contributed by atoms with van der Waals surface area (Å²) >= 11 is 1.77. The molecule has 0 saturated carbocycles. The molecule has 0 aliphatic rings. The maximum atomic E-state index is 8.49. The van der Waals surface area contributed by atoms with Crippen molar-refractivity contribution in [2.75, 3.05) is 5.75 Å². The largest absolute Gasteiger partial charge is 0.409 e. The predicted molar refractivity (Wildman–Crippen MR) is 59.4 cm³/mol. The Labute approximate surface area is 84.8 Å². The van der Waals surface area contributed by atoms with Crippen molar-refractivity contribution >= 4 is 17.6 Å². The third kappa shape index (κ3) is 5.80. The molecule has 0 aromatic rings. The summed E-state index contributed by atoms with van der Waals surface area (Å²) < 4.78 is 0. The van der Waals surface area contributed by atoms with Crippen LogP contribution in [0.4, 0.5) is 0 Å². The van der Waals surface area contributed by atoms with Gasteiger partial charge in [0.05, 0.1) is 5.25 Å². The fourth-order valence-electron chi connectivity index (χ4n) is 0.923. The quantitative estimate of drug-likeness (QED) is 0.302. The highest BCUT2D eigenvalue weighted by atomic mass is 32.2. The van der Waals surface area contributed by atoms with Crippen molar-refractivity contribution in [1.29, 1.82) is 0 Å². The average Bonchev–Trinajstić information content (AvgIpc) is 2.11. The van der Waals surface area contributed by atoms with Gasteiger partial charge in [0.2, 0.25) is 0 Å². The molecule has 0 aliphatic heterocycles. The Kier molecular flexibility index (Phi) is 6.86. The molecule has 3 nitrogen and oxygen atoms in total. The molecule has 0 aromatic carbocycles. The van der Waals surface area contributed by atoms with Crippen LogP contribution in [0, 0.1) is 5.92 Å². The van der Waals surface area contributed by atoms with Crippen LogP contribution in [-0.2, 0) is 0 Å². The molecule has 1 unspecified atom stereocenters. The standard InChI is InChI=1S/C9H20N2OS/c1-4-8(9(10)11-12)13-6-5-7(2)3/h7-8,12H,4-6H2,1-3H3,(H2,10,11). The molecule has 13 heavy (non-hydrogen) atoms. The van der Waals surface area contributed by atoms with Gasteiger partial charge < -0.3 is 10.9 Å². The number of hydrogen-bond acceptors (Lipinski definition) is 3. The SMILES string of the molecule is CCC(SCCC(C)C)C(N)=NO. The zero-order chi connectivity index (χ0) is 10.3. The minimum Gasteiger partial charge on any atom is -0.409 e. The van der Waals surface area contributed by atoms with E-state index in [0.717, 1.165) is 18.1 Å². The first-order chi connectivity index (χ1) is 6.11. The molecular weight excluding hydrogens is 184 g/mol. The van der Waals surface area contributed by atoms with Crippen LogP contribution in [-0.4, -0.2) is 22.0 Å². The monoisotopic (exact) mass is 204 g/mol. The van der Waals surface area contributed by atoms with Gasteiger partial charge in [-0.3, -0.25) is 0 Å². The van der Waals surface area contributed by atoms with E-state index in [1.165, 1.54) is 6.42 Å². The minimum absolute atomic E-state index is 0.170. The van der Waals surface area contributed by atoms with Gasteiger partial charge in [0.25, 0.3) is 0 Å². The van der Waals surface area contributed by atoms with E-state index >= 15 is 0 Å². The van der Waals surface area contributed by atoms with Crippen molar-refractivity contribution in [1.82, 2.24) is 0 Å². The van der Waals surface area contributed by atoms with E-state index in [0.29, 0.717) is 5.84 Å². The Morgan fingerprint density at radius 3 is 2.54 bits per heavy atom. The lowest BCUT2D eigenvalue weighted by atomic mass is 10.2. The summed E-state index contributed by atoms with van der Waals surface area (Å²) in [5.41, 5.74) is 5.52. The highest BCUT2D eigenvalue weighted by Crippen LogP contribution is 2.17. The summed E-state index contributed by atoms with van der Waals surface area (Å²) in [6.07, 6.45) is 2.10. The molecule has 0 radical (unpaired) electrons. The predicted octanol–water partition coefficient (Wildman–Crippen LogP) is 2.29. The Hall–Kier alpha value is -0.380. The minimum atomic E-state index is 0.170. The van der Waals surface area contributed by atoms with E-state index in [4.69, 9.17) is 10.9 Å². The van der Waals surface area contributed by atoms with Gasteiger partial charge >= 0.3 is 0 Å². The number of nitrogens with zero attached hydrogens (tertiary/aromatic N) is 1. The van der Waals surface area contributed by atoms with E-state index in [9.17, 15) is 0 Å². The van der Waals surface area contributed by atoms with Gasteiger partial charge in [0.1, 0.15) is 0 Å². The second-order valence-corrected chi connectivity index (χ2v) is 4.79. The molecule has 0 spiro atoms. The third-order valence-corrected chi connectivity index (χ3v) is 3.28. The molecule has 0 aliphatic carbocycles. The fourth-order valence-corrected chi connectivity index (χ4v) is 2.27. The van der Waals surface area contributed by atoms with Crippen LogP contribution in [0.25, 0.3) is 0 Å². The van der Waals surface area contributed by atoms with Gasteiger partial charge in [-0.05, 0) is 24.5 Å². The smallest absolute Gasteiger partial charge is 0.152 e. The van der Waals surface area contributed by atoms with E-state index < -0.39 is 0 Å². The first-order valence-electron chi connectivity index (χ1n) is 4.70. The molecule has 4 heteroatoms. The number of amidine groups is 1. The highest BCUT2D eigenvalue weighted by molar-refractivity contribution is 8.00. The molecule has 0 fully saturated rings. The number of hydrogen-bond donors (Lipinski definition) is 2. The normalized spacial score (nSPS) is 14.9. The Morgan fingerprint density at radius 1 is 1.54 bits per heavy atom. The maximum absolute atomic E-state index is 8.49. The van der Waals surface area contributed by atoms with E-state index in [1.807, 2.05) is 6.92 Å². The van der Waals surface area contributed by atoms with Gasteiger partial charge in [-0.2, -0.15) is 11.8 Å². The van der Waals surface area contributed by atoms with E-state index in [2.05, 4.69) is 19.0 Å². The molecule has 0 heterocycles. The lowest BCUT2D eigenvalue weighted by Gasteiger charge is -2.13. The van der Waals surface area contributed by atoms with Crippen LogP contribution < -0.4 is 5.73 Å². The second kappa shape index (κ2) is 7.06. The second-order valence-electron chi connectivity index (χ2n) is 3.48. The number of nitrogens with two attached hydrogens (primary N) is 1. The molecule has 78 valence electrons. The molecule has 3 N–H and O–H groups in total. The Bertz CT molecular complexity index is 160. The van der Waals surface area contributed by atoms with Crippen molar-refractivity contribution in [3.05, 3.63) is 0 Å². The van der Waals surface area contributed by atoms with Crippen molar-refractivity contribution in [2.24, 2.45) is 16.8 Å². The number of rotatable bonds is 6. The first-order valence-corrected chi connectivity index (χ1v) is 5.75. The summed E-state index contributed by atoms with van der Waals surface area (Å²) in [6.45, 7) is 6.45. The molecule has 0 bridgehead atoms. The molecule has 0 saturated heterocycles. The zero-order valence-corrected chi connectivity index (χ0v) is 9.47. The van der Waals surface area contributed by atoms with Crippen LogP contribution in [0.3, 0.4) is 0 Å². The first kappa shape index (κ1) is 12.6. The summed E-state index contributed by atoms with van der Waals surface area (Å²) in [5.74, 6) is 2.14. The van der Waals surface area contributed by atoms with Gasteiger partial charge in [0.15, 0.2) is 5.84 Å². The van der Waals surface area contributed by atoms with Crippen molar-refractivity contribution in [2.45, 2.75) is 38.9 Å². The number of oxime groups is 1. The molecular formula is C9H20N2OS. The van der Waals surface area contributed by atoms with E-state index in [1.54, 1.807) is 11.8 Å². The van der Waals surface area contributed by atoms with E-state index in [-0.39, 0.29) is 5.25 Å². The van der Waals surface area contributed by atoms with Crippen LogP contribution >= 0.6 is 11.8 Å². The molecule has 0 amide bonds. The topological polar surface area (TPSA) is 58.6 Å². The summed E-state index contributed by atoms with van der Waals surface area (Å²) in [6, 6.07) is 0. The Morgan fingerprint density at radius 2 is 2.15 bits per heavy atom. The zero-order valence-electron chi connectivity index (χ0n) is 8.66. The van der Waals surface area contributed by atoms with Crippen LogP contribution in [0.2, 0.25) is 0 Å². The lowest BCUT2D eigenvalue weighted by molar-refractivity contribution is 0.317. The summed E-state index contributed by atoms with van der Waals surface area (Å²) in [7, 11) is 0. The van der Waals surface area contributed by atoms with Crippen LogP contribution in [0.5, 0.6) is 0 Å². The highest BCUT2D eigenvalue weighted by Gasteiger charge is 2.11. The lowest BCUT2D eigenvalue weighted by Crippen LogP contribution is -2.26. The van der Waals surface area contributed by atoms with Crippen LogP contribution in [0.1, 0.15) is 33.6 Å². The third-order valence-electron chi connectivity index (χ3n) is 1.83. The summed E-state index contributed by atoms with van der Waals surface area (Å²) in [5, 5.41) is 11.7. The average molecular weight is 204 g/mol. The maximum Gasteiger partial charge on any atom is 0.152 e. The summed E-state index contributed by atoms with van der Waals surface area (Å²) in [4.78, 5) is 0. The van der Waals surface area contributed by atoms with Crippen LogP contribution in [0.15, 0.2) is 5.16 Å². The molecule has 1 atom stereocenters. The van der Waals surface area contributed by atoms with Gasteiger partial charge in [0, 0.05) is 0 Å². The van der Waals surface area contributed by atoms with Crippen molar-refractivity contribution in [3.63, 3.8) is 0 Å². The fraction of sp³-hybridized carbons (Fsp3) is 0.889. The Balaban J connectivity index is 3.73. The van der Waals surface area contributed by atoms with Crippen molar-refractivity contribution < 1.29 is 5.21 Å².